The molecule has 5 heterocycles. The molecule has 196 valence electrons. The molecule has 0 aromatic rings. The van der Waals surface area contributed by atoms with Crippen LogP contribution in [0, 0.1) is 39.9 Å². The van der Waals surface area contributed by atoms with Gasteiger partial charge in [-0.3, -0.25) is 4.79 Å². The number of Topliss-reactive ketones (excluding diaryl/α,β-unsaturated/α-hetero) is 1. The number of aliphatic hydroxyl groups excluding tert-OH is 1. The summed E-state index contributed by atoms with van der Waals surface area (Å²) in [5, 5.41) is 12.4. The van der Waals surface area contributed by atoms with Crippen molar-refractivity contribution in [3.8, 4) is 0 Å². The number of carbonyl (C=O) groups excluding carboxylic acids is 1. The van der Waals surface area contributed by atoms with Crippen molar-refractivity contribution in [3.63, 3.8) is 0 Å². The molecule has 36 heavy (non-hydrogen) atoms. The summed E-state index contributed by atoms with van der Waals surface area (Å²) in [7, 11) is 0. The van der Waals surface area contributed by atoms with Crippen molar-refractivity contribution in [3.05, 3.63) is 23.5 Å². The Bertz CT molecular complexity index is 1120. The van der Waals surface area contributed by atoms with E-state index in [1.807, 2.05) is 13.8 Å². The minimum absolute atomic E-state index is 0.0415. The first-order chi connectivity index (χ1) is 17.0. The van der Waals surface area contributed by atoms with Crippen LogP contribution >= 0.6 is 0 Å². The summed E-state index contributed by atoms with van der Waals surface area (Å²) < 4.78 is 33.0. The van der Waals surface area contributed by atoms with E-state index in [4.69, 9.17) is 23.7 Å². The molecule has 7 heteroatoms. The van der Waals surface area contributed by atoms with E-state index in [2.05, 4.69) is 20.4 Å². The summed E-state index contributed by atoms with van der Waals surface area (Å²) in [4.78, 5) is 14.4. The Labute approximate surface area is 212 Å². The fraction of sp³-hybridized carbons (Fsp3) is 0.828. The van der Waals surface area contributed by atoms with Crippen LogP contribution < -0.4 is 0 Å². The molecule has 9 rings (SSSR count). The third-order valence-corrected chi connectivity index (χ3v) is 11.4. The van der Waals surface area contributed by atoms with Gasteiger partial charge in [0.2, 0.25) is 12.1 Å². The Morgan fingerprint density at radius 1 is 1.11 bits per heavy atom. The first-order valence-corrected chi connectivity index (χ1v) is 13.9. The normalized spacial score (nSPS) is 55.3. The maximum Gasteiger partial charge on any atom is 0.213 e. The average molecular weight is 499 g/mol. The highest BCUT2D eigenvalue weighted by Crippen LogP contribution is 2.80. The van der Waals surface area contributed by atoms with Crippen LogP contribution in [-0.2, 0) is 28.5 Å². The van der Waals surface area contributed by atoms with E-state index in [0.29, 0.717) is 24.7 Å². The maximum atomic E-state index is 14.4. The highest BCUT2D eigenvalue weighted by molar-refractivity contribution is 6.05. The number of allylic oxidation sites excluding steroid dienone is 1. The second-order valence-electron chi connectivity index (χ2n) is 14.0. The standard InChI is InChI=1S/C29H38O7/c1-14-17-8-9-18-27-13-33-29(28(18,20(14)30)23(17)35-26(4,5)36-29)21(31)19(27)25(2,3)12-16-11-15-7-6-10-32-24(15)34-22(16)27/h15,17-19,21,23-24,31H,1,6-13H2,2-5H3/t15-,17-,18-,19+,21-,23+,24+,27-,28-,29-/m0/s1. The van der Waals surface area contributed by atoms with Crippen LogP contribution in [0.4, 0.5) is 0 Å². The maximum absolute atomic E-state index is 14.4. The number of aliphatic hydroxyl groups is 1. The number of ether oxygens (including phenoxy) is 5. The lowest BCUT2D eigenvalue weighted by Crippen LogP contribution is -2.87. The molecule has 5 aliphatic heterocycles. The van der Waals surface area contributed by atoms with Crippen LogP contribution in [0.25, 0.3) is 0 Å². The van der Waals surface area contributed by atoms with E-state index >= 15 is 0 Å². The SMILES string of the molecule is C=C1C(=O)[C@@]23[C@@H]4OC(C)(C)O[C@]25OC[C@]2(C6=C(C[C@@H]7CCCO[C@@H]7O6)CC(C)(C)[C@H]2[C@@H]5O)[C@@H]3CC[C@@H]14. The van der Waals surface area contributed by atoms with Gasteiger partial charge in [-0.25, -0.2) is 0 Å². The van der Waals surface area contributed by atoms with Gasteiger partial charge in [0, 0.05) is 17.8 Å². The highest BCUT2D eigenvalue weighted by Gasteiger charge is 2.90. The van der Waals surface area contributed by atoms with Crippen molar-refractivity contribution >= 4 is 5.78 Å². The van der Waals surface area contributed by atoms with Gasteiger partial charge in [-0.15, -0.1) is 0 Å². The molecule has 10 atom stereocenters. The Morgan fingerprint density at radius 2 is 1.92 bits per heavy atom. The van der Waals surface area contributed by atoms with Gasteiger partial charge in [-0.1, -0.05) is 20.4 Å². The second-order valence-corrected chi connectivity index (χ2v) is 14.0. The number of rotatable bonds is 0. The van der Waals surface area contributed by atoms with Gasteiger partial charge in [0.25, 0.3) is 0 Å². The quantitative estimate of drug-likeness (QED) is 0.508. The molecule has 0 aromatic carbocycles. The molecular formula is C29H38O7. The van der Waals surface area contributed by atoms with Crippen molar-refractivity contribution in [1.29, 1.82) is 0 Å². The molecule has 7 nitrogen and oxygen atoms in total. The first kappa shape index (κ1) is 22.7. The topological polar surface area (TPSA) is 83.5 Å². The molecule has 4 aliphatic carbocycles. The molecule has 4 bridgehead atoms. The smallest absolute Gasteiger partial charge is 0.213 e. The van der Waals surface area contributed by atoms with Crippen LogP contribution in [0.5, 0.6) is 0 Å². The second kappa shape index (κ2) is 6.48. The third-order valence-electron chi connectivity index (χ3n) is 11.4. The summed E-state index contributed by atoms with van der Waals surface area (Å²) in [6.07, 6.45) is 3.95. The van der Waals surface area contributed by atoms with E-state index < -0.39 is 34.6 Å². The van der Waals surface area contributed by atoms with Crippen LogP contribution in [0.1, 0.15) is 66.2 Å². The van der Waals surface area contributed by atoms with Crippen molar-refractivity contribution in [2.45, 2.75) is 96.3 Å². The largest absolute Gasteiger partial charge is 0.468 e. The van der Waals surface area contributed by atoms with Crippen molar-refractivity contribution in [2.75, 3.05) is 13.2 Å². The number of hydrogen-bond donors (Lipinski definition) is 1. The number of fused-ring (bicyclic) bond motifs is 2. The predicted molar refractivity (Wildman–Crippen MR) is 127 cm³/mol. The lowest BCUT2D eigenvalue weighted by atomic mass is 9.36. The number of carbonyl (C=O) groups is 1. The fourth-order valence-corrected chi connectivity index (χ4v) is 10.7. The van der Waals surface area contributed by atoms with E-state index in [0.717, 1.165) is 44.3 Å². The zero-order valence-corrected chi connectivity index (χ0v) is 21.8. The minimum Gasteiger partial charge on any atom is -0.468 e. The van der Waals surface area contributed by atoms with Gasteiger partial charge >= 0.3 is 0 Å². The molecule has 3 spiro atoms. The van der Waals surface area contributed by atoms with Gasteiger partial charge in [0.15, 0.2) is 11.6 Å². The zero-order valence-electron chi connectivity index (χ0n) is 21.8. The third kappa shape index (κ3) is 2.19. The van der Waals surface area contributed by atoms with Gasteiger partial charge in [-0.05, 0) is 74.9 Å². The molecule has 0 amide bonds. The van der Waals surface area contributed by atoms with Gasteiger partial charge in [0.1, 0.15) is 17.3 Å². The summed E-state index contributed by atoms with van der Waals surface area (Å²) >= 11 is 0. The molecule has 4 saturated heterocycles. The summed E-state index contributed by atoms with van der Waals surface area (Å²) in [5.41, 5.74) is -0.0639. The molecule has 9 aliphatic rings. The summed E-state index contributed by atoms with van der Waals surface area (Å²) in [5.74, 6) is -1.58. The minimum atomic E-state index is -1.46. The van der Waals surface area contributed by atoms with Crippen LogP contribution in [0.15, 0.2) is 23.5 Å². The average Bonchev–Trinajstić information content (AvgIpc) is 2.93. The van der Waals surface area contributed by atoms with Crippen LogP contribution in [0.3, 0.4) is 0 Å². The first-order valence-electron chi connectivity index (χ1n) is 13.9. The van der Waals surface area contributed by atoms with Crippen LogP contribution in [0.2, 0.25) is 0 Å². The Morgan fingerprint density at radius 3 is 2.72 bits per heavy atom. The lowest BCUT2D eigenvalue weighted by molar-refractivity contribution is -0.527. The van der Waals surface area contributed by atoms with Crippen molar-refractivity contribution < 1.29 is 33.6 Å². The summed E-state index contributed by atoms with van der Waals surface area (Å²) in [6, 6.07) is 0. The van der Waals surface area contributed by atoms with E-state index in [1.54, 1.807) is 0 Å². The molecule has 3 saturated carbocycles. The lowest BCUT2D eigenvalue weighted by Gasteiger charge is -2.77. The molecule has 0 aromatic heterocycles. The van der Waals surface area contributed by atoms with Crippen LogP contribution in [-0.4, -0.2) is 54.2 Å². The molecule has 0 radical (unpaired) electrons. The molecular weight excluding hydrogens is 460 g/mol. The molecule has 7 fully saturated rings. The van der Waals surface area contributed by atoms with Gasteiger partial charge in [0.05, 0.1) is 24.7 Å². The highest BCUT2D eigenvalue weighted by atomic mass is 16.8. The van der Waals surface area contributed by atoms with Gasteiger partial charge in [-0.2, -0.15) is 0 Å². The number of ketones is 1. The predicted octanol–water partition coefficient (Wildman–Crippen LogP) is 3.85. The van der Waals surface area contributed by atoms with Gasteiger partial charge < -0.3 is 28.8 Å². The Hall–Kier alpha value is -1.25. The Balaban J connectivity index is 1.40. The fourth-order valence-electron chi connectivity index (χ4n) is 10.7. The molecule has 0 unspecified atom stereocenters. The van der Waals surface area contributed by atoms with E-state index in [1.165, 1.54) is 5.57 Å². The van der Waals surface area contributed by atoms with E-state index in [9.17, 15) is 9.90 Å². The zero-order chi connectivity index (χ0) is 25.0. The molecule has 1 N–H and O–H groups in total. The summed E-state index contributed by atoms with van der Waals surface area (Å²) in [6.45, 7) is 13.6. The van der Waals surface area contributed by atoms with E-state index in [-0.39, 0.29) is 35.2 Å². The van der Waals surface area contributed by atoms with Crippen molar-refractivity contribution in [1.82, 2.24) is 0 Å². The van der Waals surface area contributed by atoms with Crippen molar-refractivity contribution in [2.24, 2.45) is 39.9 Å². The Kier molecular flexibility index (Phi) is 4.09. The number of hydrogen-bond acceptors (Lipinski definition) is 7. The monoisotopic (exact) mass is 498 g/mol.